The Morgan fingerprint density at radius 1 is 0.900 bits per heavy atom. The summed E-state index contributed by atoms with van der Waals surface area (Å²) in [5.41, 5.74) is 0. The van der Waals surface area contributed by atoms with E-state index in [0.29, 0.717) is 0 Å². The van der Waals surface area contributed by atoms with Crippen LogP contribution in [0.4, 0.5) is 0 Å². The second-order valence-corrected chi connectivity index (χ2v) is 3.62. The zero-order chi connectivity index (χ0) is 7.40. The molecule has 1 rings (SSSR count). The van der Waals surface area contributed by atoms with E-state index in [1.165, 1.54) is 25.7 Å². The average Bonchev–Trinajstić information content (AvgIpc) is 1.90. The van der Waals surface area contributed by atoms with Gasteiger partial charge in [0.1, 0.15) is 0 Å². The van der Waals surface area contributed by atoms with E-state index < -0.39 is 0 Å². The van der Waals surface area contributed by atoms with Crippen LogP contribution in [0.3, 0.4) is 0 Å². The standard InChI is InChI=1S/C10H18/c1-9-5-3-4-6-10(2)8-7-9/h7-10H,3-6H2,1-2H3/b8-7-. The molecule has 0 aliphatic heterocycles. The second kappa shape index (κ2) is 3.80. The summed E-state index contributed by atoms with van der Waals surface area (Å²) in [5.74, 6) is 1.64. The summed E-state index contributed by atoms with van der Waals surface area (Å²) in [6.45, 7) is 4.63. The van der Waals surface area contributed by atoms with Crippen LogP contribution in [0.25, 0.3) is 0 Å². The molecule has 0 saturated heterocycles. The van der Waals surface area contributed by atoms with Crippen molar-refractivity contribution in [3.63, 3.8) is 0 Å². The number of allylic oxidation sites excluding steroid dienone is 2. The highest BCUT2D eigenvalue weighted by Gasteiger charge is 2.04. The highest BCUT2D eigenvalue weighted by atomic mass is 14.1. The van der Waals surface area contributed by atoms with Gasteiger partial charge in [0, 0.05) is 0 Å². The summed E-state index contributed by atoms with van der Waals surface area (Å²) in [6.07, 6.45) is 10.4. The average molecular weight is 138 g/mol. The second-order valence-electron chi connectivity index (χ2n) is 3.62. The molecule has 0 heteroatoms. The molecule has 0 spiro atoms. The summed E-state index contributed by atoms with van der Waals surface area (Å²) in [4.78, 5) is 0. The van der Waals surface area contributed by atoms with Crippen LogP contribution in [0.2, 0.25) is 0 Å². The van der Waals surface area contributed by atoms with Gasteiger partial charge in [-0.15, -0.1) is 0 Å². The van der Waals surface area contributed by atoms with Gasteiger partial charge in [-0.25, -0.2) is 0 Å². The minimum atomic E-state index is 0.822. The molecule has 0 amide bonds. The maximum absolute atomic E-state index is 2.38. The fourth-order valence-corrected chi connectivity index (χ4v) is 1.50. The molecule has 0 aromatic carbocycles. The van der Waals surface area contributed by atoms with E-state index in [4.69, 9.17) is 0 Å². The number of hydrogen-bond acceptors (Lipinski definition) is 0. The van der Waals surface area contributed by atoms with Crippen molar-refractivity contribution in [3.8, 4) is 0 Å². The van der Waals surface area contributed by atoms with E-state index in [1.54, 1.807) is 0 Å². The molecule has 0 radical (unpaired) electrons. The van der Waals surface area contributed by atoms with Crippen molar-refractivity contribution in [1.82, 2.24) is 0 Å². The molecule has 0 nitrogen and oxygen atoms in total. The minimum absolute atomic E-state index is 0.822. The van der Waals surface area contributed by atoms with E-state index in [1.807, 2.05) is 0 Å². The highest BCUT2D eigenvalue weighted by molar-refractivity contribution is 4.91. The van der Waals surface area contributed by atoms with Gasteiger partial charge in [0.05, 0.1) is 0 Å². The van der Waals surface area contributed by atoms with E-state index >= 15 is 0 Å². The fraction of sp³-hybridized carbons (Fsp3) is 0.800. The molecular weight excluding hydrogens is 120 g/mol. The molecule has 0 saturated carbocycles. The normalized spacial score (nSPS) is 38.2. The molecule has 0 bridgehead atoms. The lowest BCUT2D eigenvalue weighted by molar-refractivity contribution is 0.503. The van der Waals surface area contributed by atoms with Crippen molar-refractivity contribution in [1.29, 1.82) is 0 Å². The summed E-state index contributed by atoms with van der Waals surface area (Å²) in [5, 5.41) is 0. The first-order chi connectivity index (χ1) is 4.79. The quantitative estimate of drug-likeness (QED) is 0.450. The third-order valence-electron chi connectivity index (χ3n) is 2.34. The van der Waals surface area contributed by atoms with Crippen molar-refractivity contribution in [2.45, 2.75) is 39.5 Å². The Labute approximate surface area is 64.3 Å². The van der Waals surface area contributed by atoms with Gasteiger partial charge in [-0.3, -0.25) is 0 Å². The smallest absolute Gasteiger partial charge is 0.0262 e. The van der Waals surface area contributed by atoms with Gasteiger partial charge in [0.15, 0.2) is 0 Å². The zero-order valence-electron chi connectivity index (χ0n) is 7.14. The van der Waals surface area contributed by atoms with Crippen molar-refractivity contribution < 1.29 is 0 Å². The minimum Gasteiger partial charge on any atom is -0.0854 e. The van der Waals surface area contributed by atoms with Crippen molar-refractivity contribution in [3.05, 3.63) is 12.2 Å². The highest BCUT2D eigenvalue weighted by Crippen LogP contribution is 2.19. The Balaban J connectivity index is 2.42. The molecule has 1 aliphatic carbocycles. The van der Waals surface area contributed by atoms with Crippen LogP contribution in [0, 0.1) is 11.8 Å². The van der Waals surface area contributed by atoms with Crippen LogP contribution in [-0.4, -0.2) is 0 Å². The van der Waals surface area contributed by atoms with Crippen molar-refractivity contribution in [2.24, 2.45) is 11.8 Å². The van der Waals surface area contributed by atoms with Gasteiger partial charge < -0.3 is 0 Å². The predicted octanol–water partition coefficient (Wildman–Crippen LogP) is 3.39. The molecule has 0 N–H and O–H groups in total. The largest absolute Gasteiger partial charge is 0.0854 e. The van der Waals surface area contributed by atoms with Gasteiger partial charge in [-0.05, 0) is 24.7 Å². The van der Waals surface area contributed by atoms with Crippen LogP contribution in [0.5, 0.6) is 0 Å². The van der Waals surface area contributed by atoms with Gasteiger partial charge in [-0.2, -0.15) is 0 Å². The monoisotopic (exact) mass is 138 g/mol. The van der Waals surface area contributed by atoms with Crippen molar-refractivity contribution in [2.75, 3.05) is 0 Å². The van der Waals surface area contributed by atoms with E-state index in [2.05, 4.69) is 26.0 Å². The third-order valence-corrected chi connectivity index (χ3v) is 2.34. The molecule has 0 heterocycles. The van der Waals surface area contributed by atoms with E-state index in [-0.39, 0.29) is 0 Å². The van der Waals surface area contributed by atoms with Crippen LogP contribution < -0.4 is 0 Å². The molecule has 2 atom stereocenters. The Morgan fingerprint density at radius 2 is 1.30 bits per heavy atom. The third kappa shape index (κ3) is 2.55. The zero-order valence-corrected chi connectivity index (χ0v) is 7.14. The first-order valence-electron chi connectivity index (χ1n) is 4.47. The molecule has 0 aromatic heterocycles. The summed E-state index contributed by atoms with van der Waals surface area (Å²) in [7, 11) is 0. The van der Waals surface area contributed by atoms with Crippen LogP contribution in [0.15, 0.2) is 12.2 Å². The van der Waals surface area contributed by atoms with Crippen LogP contribution in [-0.2, 0) is 0 Å². The summed E-state index contributed by atoms with van der Waals surface area (Å²) < 4.78 is 0. The molecule has 0 aromatic rings. The molecule has 0 fully saturated rings. The van der Waals surface area contributed by atoms with Crippen molar-refractivity contribution >= 4 is 0 Å². The lowest BCUT2D eigenvalue weighted by atomic mass is 9.93. The lowest BCUT2D eigenvalue weighted by Gasteiger charge is -2.13. The number of rotatable bonds is 0. The van der Waals surface area contributed by atoms with Gasteiger partial charge in [-0.1, -0.05) is 38.8 Å². The summed E-state index contributed by atoms with van der Waals surface area (Å²) in [6, 6.07) is 0. The first kappa shape index (κ1) is 7.84. The van der Waals surface area contributed by atoms with Crippen LogP contribution >= 0.6 is 0 Å². The Morgan fingerprint density at radius 3 is 1.70 bits per heavy atom. The summed E-state index contributed by atoms with van der Waals surface area (Å²) >= 11 is 0. The van der Waals surface area contributed by atoms with Crippen LogP contribution in [0.1, 0.15) is 39.5 Å². The lowest BCUT2D eigenvalue weighted by Crippen LogP contribution is -1.98. The molecule has 10 heavy (non-hydrogen) atoms. The van der Waals surface area contributed by atoms with Gasteiger partial charge in [0.25, 0.3) is 0 Å². The van der Waals surface area contributed by atoms with E-state index in [9.17, 15) is 0 Å². The van der Waals surface area contributed by atoms with Gasteiger partial charge >= 0.3 is 0 Å². The molecule has 2 unspecified atom stereocenters. The molecular formula is C10H18. The SMILES string of the molecule is CC1/C=C\C(C)CCCC1. The maximum atomic E-state index is 2.38. The Hall–Kier alpha value is -0.260. The van der Waals surface area contributed by atoms with E-state index in [0.717, 1.165) is 11.8 Å². The molecule has 1 aliphatic rings. The fourth-order valence-electron chi connectivity index (χ4n) is 1.50. The topological polar surface area (TPSA) is 0 Å². The first-order valence-corrected chi connectivity index (χ1v) is 4.47. The predicted molar refractivity (Wildman–Crippen MR) is 45.9 cm³/mol. The number of hydrogen-bond donors (Lipinski definition) is 0. The Kier molecular flexibility index (Phi) is 2.98. The molecule has 58 valence electrons. The Bertz CT molecular complexity index is 99.2. The maximum Gasteiger partial charge on any atom is -0.0262 e. The van der Waals surface area contributed by atoms with Gasteiger partial charge in [0.2, 0.25) is 0 Å².